The quantitative estimate of drug-likeness (QED) is 0.427. The molecule has 1 aliphatic heterocycles. The number of fused-ring (bicyclic) bond motifs is 1. The highest BCUT2D eigenvalue weighted by Crippen LogP contribution is 2.30. The van der Waals surface area contributed by atoms with Crippen LogP contribution in [0.2, 0.25) is 5.02 Å². The van der Waals surface area contributed by atoms with Gasteiger partial charge in [-0.05, 0) is 63.5 Å². The van der Waals surface area contributed by atoms with Crippen LogP contribution < -0.4 is 10.1 Å². The molecule has 1 N–H and O–H groups in total. The molecule has 6 nitrogen and oxygen atoms in total. The lowest BCUT2D eigenvalue weighted by molar-refractivity contribution is -0.119. The first kappa shape index (κ1) is 24.5. The Balaban J connectivity index is 1.54. The van der Waals surface area contributed by atoms with E-state index < -0.39 is 5.82 Å². The number of nitrogens with zero attached hydrogens (tertiary/aromatic N) is 3. The third-order valence-corrected chi connectivity index (χ3v) is 6.46. The van der Waals surface area contributed by atoms with Crippen LogP contribution in [-0.4, -0.2) is 52.5 Å². The Bertz CT molecular complexity index is 1140. The molecule has 1 fully saturated rings. The average Bonchev–Trinajstić information content (AvgIpc) is 3.16. The summed E-state index contributed by atoms with van der Waals surface area (Å²) in [6.07, 6.45) is 7.41. The van der Waals surface area contributed by atoms with Crippen molar-refractivity contribution in [1.29, 1.82) is 0 Å². The maximum Gasteiger partial charge on any atom is 0.217 e. The second-order valence-corrected chi connectivity index (χ2v) is 9.44. The molecule has 0 saturated carbocycles. The molecule has 0 aliphatic carbocycles. The molecule has 34 heavy (non-hydrogen) atoms. The van der Waals surface area contributed by atoms with Crippen LogP contribution in [0.4, 0.5) is 4.39 Å². The summed E-state index contributed by atoms with van der Waals surface area (Å²) < 4.78 is 21.8. The van der Waals surface area contributed by atoms with Gasteiger partial charge < -0.3 is 19.4 Å². The van der Waals surface area contributed by atoms with Crippen molar-refractivity contribution in [2.45, 2.75) is 52.0 Å². The normalized spacial score (nSPS) is 15.4. The highest BCUT2D eigenvalue weighted by molar-refractivity contribution is 6.31. The number of imidazole rings is 1. The summed E-state index contributed by atoms with van der Waals surface area (Å²) in [4.78, 5) is 18.9. The molecule has 1 amide bonds. The Labute approximate surface area is 205 Å². The molecule has 0 radical (unpaired) electrons. The zero-order chi connectivity index (χ0) is 24.1. The van der Waals surface area contributed by atoms with Crippen LogP contribution in [0.1, 0.15) is 45.2 Å². The smallest absolute Gasteiger partial charge is 0.217 e. The van der Waals surface area contributed by atoms with E-state index in [2.05, 4.69) is 10.2 Å². The number of piperidine rings is 1. The minimum Gasteiger partial charge on any atom is -0.493 e. The maximum atomic E-state index is 13.8. The Morgan fingerprint density at radius 3 is 2.76 bits per heavy atom. The Kier molecular flexibility index (Phi) is 8.06. The summed E-state index contributed by atoms with van der Waals surface area (Å²) in [5.41, 5.74) is 3.08. The van der Waals surface area contributed by atoms with E-state index in [9.17, 15) is 9.18 Å². The predicted octanol–water partition coefficient (Wildman–Crippen LogP) is 5.12. The van der Waals surface area contributed by atoms with Gasteiger partial charge in [0.25, 0.3) is 0 Å². The highest BCUT2D eigenvalue weighted by Gasteiger charge is 2.19. The number of carbonyl (C=O) groups excluding carboxylic acids is 1. The first-order chi connectivity index (χ1) is 16.4. The largest absolute Gasteiger partial charge is 0.493 e. The highest BCUT2D eigenvalue weighted by atomic mass is 35.5. The molecule has 0 bridgehead atoms. The number of hydrogen-bond donors (Lipinski definition) is 1. The zero-order valence-electron chi connectivity index (χ0n) is 19.8. The second kappa shape index (κ2) is 11.2. The van der Waals surface area contributed by atoms with Gasteiger partial charge in [0.05, 0.1) is 23.0 Å². The number of likely N-dealkylation sites (tertiary alicyclic amines) is 1. The van der Waals surface area contributed by atoms with Gasteiger partial charge in [0.2, 0.25) is 5.91 Å². The van der Waals surface area contributed by atoms with Crippen molar-refractivity contribution in [3.05, 3.63) is 53.1 Å². The summed E-state index contributed by atoms with van der Waals surface area (Å²) in [6, 6.07) is 8.36. The molecule has 4 rings (SSSR count). The van der Waals surface area contributed by atoms with Crippen LogP contribution >= 0.6 is 11.6 Å². The predicted molar refractivity (Wildman–Crippen MR) is 133 cm³/mol. The van der Waals surface area contributed by atoms with Crippen LogP contribution in [0.15, 0.2) is 36.5 Å². The number of halogens is 2. The van der Waals surface area contributed by atoms with Gasteiger partial charge in [-0.25, -0.2) is 9.37 Å². The minimum absolute atomic E-state index is 0.0492. The third kappa shape index (κ3) is 6.07. The SMILES string of the molecule is CC(=O)NC(C)Cc1c(-c2ccc(F)c(Cl)c2)nc2cc(OCCCN3CCCCC3)ccn12. The van der Waals surface area contributed by atoms with Crippen molar-refractivity contribution in [2.75, 3.05) is 26.2 Å². The van der Waals surface area contributed by atoms with Gasteiger partial charge in [-0.15, -0.1) is 0 Å². The topological polar surface area (TPSA) is 58.9 Å². The summed E-state index contributed by atoms with van der Waals surface area (Å²) in [7, 11) is 0. The van der Waals surface area contributed by atoms with Gasteiger partial charge in [0.1, 0.15) is 17.2 Å². The van der Waals surface area contributed by atoms with Crippen LogP contribution in [0.3, 0.4) is 0 Å². The lowest BCUT2D eigenvalue weighted by Gasteiger charge is -2.26. The molecule has 1 atom stereocenters. The zero-order valence-corrected chi connectivity index (χ0v) is 20.6. The molecule has 182 valence electrons. The number of carbonyl (C=O) groups is 1. The molecule has 8 heteroatoms. The minimum atomic E-state index is -0.470. The van der Waals surface area contributed by atoms with Crippen LogP contribution in [0.5, 0.6) is 5.75 Å². The third-order valence-electron chi connectivity index (χ3n) is 6.17. The fourth-order valence-electron chi connectivity index (χ4n) is 4.59. The van der Waals surface area contributed by atoms with Gasteiger partial charge in [-0.1, -0.05) is 18.0 Å². The van der Waals surface area contributed by atoms with Gasteiger partial charge >= 0.3 is 0 Å². The lowest BCUT2D eigenvalue weighted by atomic mass is 10.1. The van der Waals surface area contributed by atoms with Crippen molar-refractivity contribution in [2.24, 2.45) is 0 Å². The van der Waals surface area contributed by atoms with Gasteiger partial charge in [0.15, 0.2) is 0 Å². The molecule has 1 unspecified atom stereocenters. The fourth-order valence-corrected chi connectivity index (χ4v) is 4.77. The molecule has 1 aromatic carbocycles. The molecule has 3 aromatic rings. The number of amides is 1. The van der Waals surface area contributed by atoms with E-state index in [1.807, 2.05) is 29.7 Å². The lowest BCUT2D eigenvalue weighted by Crippen LogP contribution is -2.32. The first-order valence-corrected chi connectivity index (χ1v) is 12.4. The van der Waals surface area contributed by atoms with E-state index in [0.717, 1.165) is 35.6 Å². The molecular formula is C26H32ClFN4O2. The van der Waals surface area contributed by atoms with Crippen LogP contribution in [-0.2, 0) is 11.2 Å². The van der Waals surface area contributed by atoms with E-state index in [0.29, 0.717) is 18.7 Å². The number of benzene rings is 1. The maximum absolute atomic E-state index is 13.8. The standard InChI is InChI=1S/C26H32ClFN4O2/c1-18(29-19(2)33)15-24-26(20-7-8-23(28)22(27)16-20)30-25-17-21(9-13-32(24)25)34-14-6-12-31-10-4-3-5-11-31/h7-9,13,16-18H,3-6,10-12,14-15H2,1-2H3,(H,29,33). The first-order valence-electron chi connectivity index (χ1n) is 12.0. The van der Waals surface area contributed by atoms with Crippen LogP contribution in [0.25, 0.3) is 16.9 Å². The van der Waals surface area contributed by atoms with Crippen LogP contribution in [0, 0.1) is 5.82 Å². The summed E-state index contributed by atoms with van der Waals surface area (Å²) >= 11 is 6.05. The molecule has 1 saturated heterocycles. The fraction of sp³-hybridized carbons (Fsp3) is 0.462. The Hall–Kier alpha value is -2.64. The Morgan fingerprint density at radius 2 is 2.03 bits per heavy atom. The number of rotatable bonds is 9. The monoisotopic (exact) mass is 486 g/mol. The van der Waals surface area contributed by atoms with Gasteiger partial charge in [-0.2, -0.15) is 0 Å². The second-order valence-electron chi connectivity index (χ2n) is 9.04. The van der Waals surface area contributed by atoms with E-state index in [1.54, 1.807) is 12.1 Å². The van der Waals surface area contributed by atoms with E-state index in [4.69, 9.17) is 21.3 Å². The number of ether oxygens (including phenoxy) is 1. The summed E-state index contributed by atoms with van der Waals surface area (Å²) in [5, 5.41) is 2.97. The average molecular weight is 487 g/mol. The van der Waals surface area contributed by atoms with Gasteiger partial charge in [0, 0.05) is 43.8 Å². The Morgan fingerprint density at radius 1 is 1.24 bits per heavy atom. The summed E-state index contributed by atoms with van der Waals surface area (Å²) in [5.74, 6) is 0.205. The van der Waals surface area contributed by atoms with E-state index in [-0.39, 0.29) is 17.0 Å². The van der Waals surface area contributed by atoms with Crippen molar-refractivity contribution < 1.29 is 13.9 Å². The van der Waals surface area contributed by atoms with Crippen molar-refractivity contribution in [3.63, 3.8) is 0 Å². The molecule has 1 aliphatic rings. The van der Waals surface area contributed by atoms with Crippen molar-refractivity contribution >= 4 is 23.2 Å². The van der Waals surface area contributed by atoms with E-state index >= 15 is 0 Å². The summed E-state index contributed by atoms with van der Waals surface area (Å²) in [6.45, 7) is 7.54. The number of pyridine rings is 1. The van der Waals surface area contributed by atoms with E-state index in [1.165, 1.54) is 45.3 Å². The molecule has 2 aromatic heterocycles. The number of nitrogens with one attached hydrogen (secondary N) is 1. The number of aromatic nitrogens is 2. The molecular weight excluding hydrogens is 455 g/mol. The molecule has 3 heterocycles. The van der Waals surface area contributed by atoms with Gasteiger partial charge in [-0.3, -0.25) is 4.79 Å². The molecule has 0 spiro atoms. The van der Waals surface area contributed by atoms with Crippen molar-refractivity contribution in [1.82, 2.24) is 19.6 Å². The number of hydrogen-bond acceptors (Lipinski definition) is 4. The van der Waals surface area contributed by atoms with Crippen molar-refractivity contribution in [3.8, 4) is 17.0 Å².